The lowest BCUT2D eigenvalue weighted by Gasteiger charge is -2.05. The van der Waals surface area contributed by atoms with E-state index in [1.54, 1.807) is 24.3 Å². The number of aromatic amines is 2. The molecule has 0 saturated heterocycles. The number of allylic oxidation sites excluding steroid dienone is 1. The number of H-pyrrole nitrogens is 2. The van der Waals surface area contributed by atoms with Crippen LogP contribution in [-0.2, 0) is 0 Å². The average molecular weight is 429 g/mol. The molecule has 0 bridgehead atoms. The lowest BCUT2D eigenvalue weighted by atomic mass is 9.96. The maximum atomic E-state index is 13.0. The Morgan fingerprint density at radius 3 is 2.44 bits per heavy atom. The van der Waals surface area contributed by atoms with Crippen LogP contribution in [0.4, 0.5) is 5.69 Å². The van der Waals surface area contributed by atoms with E-state index in [-0.39, 0.29) is 33.8 Å². The van der Waals surface area contributed by atoms with Gasteiger partial charge in [-0.3, -0.25) is 29.7 Å². The molecule has 4 rings (SSSR count). The number of nitro groups is 1. The third-order valence-corrected chi connectivity index (χ3v) is 4.72. The zero-order valence-corrected chi connectivity index (χ0v) is 15.9. The molecule has 0 radical (unpaired) electrons. The number of fused-ring (bicyclic) bond motifs is 1. The van der Waals surface area contributed by atoms with Crippen LogP contribution >= 0.6 is 0 Å². The first kappa shape index (κ1) is 20.2. The summed E-state index contributed by atoms with van der Waals surface area (Å²) in [5, 5.41) is 31.2. The second kappa shape index (κ2) is 7.62. The predicted octanol–water partition coefficient (Wildman–Crippen LogP) is 1.65. The highest BCUT2D eigenvalue weighted by atomic mass is 16.6. The number of aromatic hydroxyl groups is 1. The number of benzene rings is 2. The summed E-state index contributed by atoms with van der Waals surface area (Å²) >= 11 is 0. The van der Waals surface area contributed by atoms with Crippen molar-refractivity contribution in [1.29, 1.82) is 5.26 Å². The molecule has 1 aliphatic heterocycles. The fourth-order valence-electron chi connectivity index (χ4n) is 3.30. The van der Waals surface area contributed by atoms with Crippen LogP contribution in [0, 0.1) is 21.4 Å². The minimum atomic E-state index is -0.969. The van der Waals surface area contributed by atoms with Crippen molar-refractivity contribution in [2.75, 3.05) is 0 Å². The van der Waals surface area contributed by atoms with Gasteiger partial charge in [0.1, 0.15) is 17.2 Å². The van der Waals surface area contributed by atoms with Gasteiger partial charge in [0.2, 0.25) is 11.7 Å². The molecule has 2 aromatic carbocycles. The number of Topliss-reactive ketones (excluding diaryl/α,β-unsaturated/α-hetero) is 1. The largest absolute Gasteiger partial charge is 0.494 e. The highest BCUT2D eigenvalue weighted by Crippen LogP contribution is 2.37. The summed E-state index contributed by atoms with van der Waals surface area (Å²) < 4.78 is 0. The molecule has 32 heavy (non-hydrogen) atoms. The van der Waals surface area contributed by atoms with Crippen LogP contribution in [0.15, 0.2) is 68.7 Å². The molecule has 1 aliphatic rings. The van der Waals surface area contributed by atoms with Gasteiger partial charge in [0.25, 0.3) is 11.2 Å². The van der Waals surface area contributed by atoms with E-state index in [2.05, 4.69) is 4.99 Å². The second-order valence-electron chi connectivity index (χ2n) is 6.61. The van der Waals surface area contributed by atoms with Crippen LogP contribution in [-0.4, -0.2) is 31.5 Å². The number of carbonyl (C=O) groups is 1. The number of hydrogen-bond donors (Lipinski definition) is 3. The van der Waals surface area contributed by atoms with E-state index in [1.807, 2.05) is 9.97 Å². The lowest BCUT2D eigenvalue weighted by molar-refractivity contribution is -0.384. The summed E-state index contributed by atoms with van der Waals surface area (Å²) in [5.41, 5.74) is -3.03. The average Bonchev–Trinajstić information content (AvgIpc) is 3.12. The molecular formula is C21H11N5O6. The summed E-state index contributed by atoms with van der Waals surface area (Å²) in [6, 6.07) is 13.2. The second-order valence-corrected chi connectivity index (χ2v) is 6.61. The molecule has 0 spiro atoms. The van der Waals surface area contributed by atoms with Crippen LogP contribution in [0.1, 0.15) is 27.0 Å². The number of nitriles is 1. The van der Waals surface area contributed by atoms with Crippen molar-refractivity contribution < 1.29 is 14.8 Å². The Balaban J connectivity index is 2.04. The fraction of sp³-hybridized carbons (Fsp3) is 0. The van der Waals surface area contributed by atoms with E-state index >= 15 is 0 Å². The van der Waals surface area contributed by atoms with Gasteiger partial charge in [-0.25, -0.2) is 9.79 Å². The number of aliphatic imine (C=N–C) groups is 1. The molecule has 0 fully saturated rings. The summed E-state index contributed by atoms with van der Waals surface area (Å²) in [5.74, 6) is -1.46. The van der Waals surface area contributed by atoms with Gasteiger partial charge in [0.05, 0.1) is 16.3 Å². The van der Waals surface area contributed by atoms with Gasteiger partial charge < -0.3 is 5.11 Å². The van der Waals surface area contributed by atoms with E-state index in [0.29, 0.717) is 0 Å². The Hall–Kier alpha value is -5.11. The van der Waals surface area contributed by atoms with Gasteiger partial charge in [-0.2, -0.15) is 5.26 Å². The standard InChI is InChI=1S/C21H11N5O6/c22-9-14(18(27)10-4-2-1-3-5-10)16-13-8-11(26(31)32)6-7-12(13)17(23-16)15-19(28)24-21(30)25-20(15)29/h1-8H,(H3,24,25,28,29,30)/b16-14-. The van der Waals surface area contributed by atoms with Crippen LogP contribution in [0.25, 0.3) is 5.70 Å². The van der Waals surface area contributed by atoms with Crippen molar-refractivity contribution in [1.82, 2.24) is 9.97 Å². The van der Waals surface area contributed by atoms with Crippen molar-refractivity contribution in [3.63, 3.8) is 0 Å². The molecule has 2 heterocycles. The number of nitrogens with zero attached hydrogens (tertiary/aromatic N) is 3. The Morgan fingerprint density at radius 1 is 1.09 bits per heavy atom. The summed E-state index contributed by atoms with van der Waals surface area (Å²) in [4.78, 5) is 55.6. The first-order chi connectivity index (χ1) is 15.3. The molecule has 0 saturated carbocycles. The molecule has 0 amide bonds. The van der Waals surface area contributed by atoms with E-state index in [0.717, 1.165) is 12.1 Å². The lowest BCUT2D eigenvalue weighted by Crippen LogP contribution is -2.27. The monoisotopic (exact) mass is 429 g/mol. The summed E-state index contributed by atoms with van der Waals surface area (Å²) in [7, 11) is 0. The minimum Gasteiger partial charge on any atom is -0.494 e. The number of hydrogen-bond acceptors (Lipinski definition) is 8. The number of ketones is 1. The number of nitro benzene ring substituents is 1. The molecule has 156 valence electrons. The third-order valence-electron chi connectivity index (χ3n) is 4.72. The maximum absolute atomic E-state index is 13.0. The van der Waals surface area contributed by atoms with Crippen molar-refractivity contribution in [2.24, 2.45) is 4.99 Å². The Bertz CT molecular complexity index is 1520. The smallest absolute Gasteiger partial charge is 0.328 e. The Labute approximate surface area is 177 Å². The zero-order valence-electron chi connectivity index (χ0n) is 15.9. The Morgan fingerprint density at radius 2 is 1.81 bits per heavy atom. The van der Waals surface area contributed by atoms with Gasteiger partial charge in [-0.1, -0.05) is 30.3 Å². The zero-order chi connectivity index (χ0) is 23.0. The quantitative estimate of drug-likeness (QED) is 0.185. The first-order valence-corrected chi connectivity index (χ1v) is 8.99. The van der Waals surface area contributed by atoms with Crippen LogP contribution < -0.4 is 11.2 Å². The third kappa shape index (κ3) is 3.27. The Kier molecular flexibility index (Phi) is 4.80. The molecule has 1 aromatic heterocycles. The van der Waals surface area contributed by atoms with E-state index < -0.39 is 39.0 Å². The SMILES string of the molecule is N#C/C(C(=O)c1ccccc1)=C1/N=C(c2c(O)[nH]c(=O)[nH]c2=O)c2ccc([N+](=O)[O-])cc21. The molecule has 0 atom stereocenters. The molecule has 0 unspecified atom stereocenters. The number of carbonyl (C=O) groups excluding carboxylic acids is 1. The van der Waals surface area contributed by atoms with Gasteiger partial charge >= 0.3 is 5.69 Å². The number of non-ortho nitro benzene ring substituents is 1. The minimum absolute atomic E-state index is 0.0556. The molecule has 3 N–H and O–H groups in total. The van der Waals surface area contributed by atoms with Crippen LogP contribution in [0.5, 0.6) is 5.88 Å². The first-order valence-electron chi connectivity index (χ1n) is 8.99. The van der Waals surface area contributed by atoms with Gasteiger partial charge in [-0.15, -0.1) is 0 Å². The molecular weight excluding hydrogens is 418 g/mol. The maximum Gasteiger partial charge on any atom is 0.328 e. The molecule has 3 aromatic rings. The normalized spacial score (nSPS) is 13.7. The van der Waals surface area contributed by atoms with Crippen molar-refractivity contribution >= 4 is 22.9 Å². The van der Waals surface area contributed by atoms with E-state index in [1.165, 1.54) is 18.2 Å². The molecule has 11 nitrogen and oxygen atoms in total. The van der Waals surface area contributed by atoms with Crippen molar-refractivity contribution in [3.8, 4) is 11.9 Å². The van der Waals surface area contributed by atoms with Crippen molar-refractivity contribution in [3.05, 3.63) is 107 Å². The van der Waals surface area contributed by atoms with Gasteiger partial charge in [0, 0.05) is 28.8 Å². The summed E-state index contributed by atoms with van der Waals surface area (Å²) in [6.07, 6.45) is 0. The van der Waals surface area contributed by atoms with Crippen molar-refractivity contribution in [2.45, 2.75) is 0 Å². The predicted molar refractivity (Wildman–Crippen MR) is 111 cm³/mol. The number of rotatable bonds is 4. The highest BCUT2D eigenvalue weighted by Gasteiger charge is 2.32. The number of nitrogens with one attached hydrogen (secondary N) is 2. The molecule has 11 heteroatoms. The van der Waals surface area contributed by atoms with Gasteiger partial charge in [-0.05, 0) is 6.07 Å². The van der Waals surface area contributed by atoms with E-state index in [4.69, 9.17) is 0 Å². The summed E-state index contributed by atoms with van der Waals surface area (Å²) in [6.45, 7) is 0. The number of aromatic nitrogens is 2. The topological polar surface area (TPSA) is 182 Å². The highest BCUT2D eigenvalue weighted by molar-refractivity contribution is 6.25. The van der Waals surface area contributed by atoms with Gasteiger partial charge in [0.15, 0.2) is 0 Å². The fourth-order valence-corrected chi connectivity index (χ4v) is 3.30. The van der Waals surface area contributed by atoms with E-state index in [9.17, 15) is 34.9 Å². The van der Waals surface area contributed by atoms with Crippen LogP contribution in [0.2, 0.25) is 0 Å². The molecule has 0 aliphatic carbocycles. The van der Waals surface area contributed by atoms with Crippen LogP contribution in [0.3, 0.4) is 0 Å².